The lowest BCUT2D eigenvalue weighted by atomic mass is 9.66. The van der Waals surface area contributed by atoms with Gasteiger partial charge in [-0.15, -0.1) is 0 Å². The Labute approximate surface area is 211 Å². The van der Waals surface area contributed by atoms with E-state index in [9.17, 15) is 9.59 Å². The van der Waals surface area contributed by atoms with E-state index in [1.165, 1.54) is 38.5 Å². The van der Waals surface area contributed by atoms with Crippen molar-refractivity contribution in [2.75, 3.05) is 19.7 Å². The van der Waals surface area contributed by atoms with E-state index in [0.29, 0.717) is 55.9 Å². The number of fused-ring (bicyclic) bond motifs is 2. The first-order chi connectivity index (χ1) is 16.6. The van der Waals surface area contributed by atoms with Crippen molar-refractivity contribution in [3.05, 3.63) is 11.8 Å². The van der Waals surface area contributed by atoms with Crippen molar-refractivity contribution >= 4 is 11.8 Å². The lowest BCUT2D eigenvalue weighted by Gasteiger charge is -2.41. The molecule has 198 valence electrons. The number of aryl methyl sites for hydroxylation is 1. The highest BCUT2D eigenvalue weighted by molar-refractivity contribution is 5.96. The minimum Gasteiger partial charge on any atom is -0.477 e. The maximum atomic E-state index is 13.3. The SMILES string of the molecule is CC(C)COc1c(C(=O)NC(C)C2CC3CCCC(C3)C2)cnn1CCC(C)(C)C(=O)NCCN. The topological polar surface area (TPSA) is 111 Å². The molecule has 2 bridgehead atoms. The first kappa shape index (κ1) is 27.5. The summed E-state index contributed by atoms with van der Waals surface area (Å²) >= 11 is 0. The molecular formula is C27H47N5O3. The van der Waals surface area contributed by atoms with Crippen LogP contribution in [0.5, 0.6) is 5.88 Å². The Bertz CT molecular complexity index is 838. The van der Waals surface area contributed by atoms with Gasteiger partial charge in [-0.05, 0) is 56.3 Å². The molecular weight excluding hydrogens is 442 g/mol. The summed E-state index contributed by atoms with van der Waals surface area (Å²) in [4.78, 5) is 25.8. The number of ether oxygens (including phenoxy) is 1. The summed E-state index contributed by atoms with van der Waals surface area (Å²) in [6, 6.07) is 0.123. The van der Waals surface area contributed by atoms with Crippen LogP contribution in [0.3, 0.4) is 0 Å². The highest BCUT2D eigenvalue weighted by atomic mass is 16.5. The van der Waals surface area contributed by atoms with Crippen molar-refractivity contribution in [3.63, 3.8) is 0 Å². The maximum Gasteiger partial charge on any atom is 0.258 e. The van der Waals surface area contributed by atoms with E-state index in [1.54, 1.807) is 10.9 Å². The second kappa shape index (κ2) is 12.2. The first-order valence-electron chi connectivity index (χ1n) is 13.6. The Morgan fingerprint density at radius 2 is 1.89 bits per heavy atom. The quantitative estimate of drug-likeness (QED) is 0.414. The van der Waals surface area contributed by atoms with Crippen molar-refractivity contribution < 1.29 is 14.3 Å². The molecule has 3 rings (SSSR count). The molecule has 1 aromatic rings. The number of aromatic nitrogens is 2. The predicted octanol–water partition coefficient (Wildman–Crippen LogP) is 3.74. The van der Waals surface area contributed by atoms with Gasteiger partial charge in [0.2, 0.25) is 11.8 Å². The number of nitrogens with two attached hydrogens (primary N) is 1. The summed E-state index contributed by atoms with van der Waals surface area (Å²) < 4.78 is 7.82. The second-order valence-electron chi connectivity index (χ2n) is 11.9. The summed E-state index contributed by atoms with van der Waals surface area (Å²) in [5.74, 6) is 2.82. The van der Waals surface area contributed by atoms with Gasteiger partial charge < -0.3 is 21.1 Å². The van der Waals surface area contributed by atoms with Crippen LogP contribution in [-0.2, 0) is 11.3 Å². The van der Waals surface area contributed by atoms with Crippen LogP contribution in [-0.4, -0.2) is 47.3 Å². The van der Waals surface area contributed by atoms with Crippen molar-refractivity contribution in [1.29, 1.82) is 0 Å². The van der Waals surface area contributed by atoms with Crippen LogP contribution in [0, 0.1) is 29.1 Å². The number of carbonyl (C=O) groups is 2. The smallest absolute Gasteiger partial charge is 0.258 e. The molecule has 3 unspecified atom stereocenters. The van der Waals surface area contributed by atoms with Crippen LogP contribution in [0.4, 0.5) is 0 Å². The van der Waals surface area contributed by atoms with Crippen molar-refractivity contribution in [1.82, 2.24) is 20.4 Å². The fourth-order valence-corrected chi connectivity index (χ4v) is 5.60. The van der Waals surface area contributed by atoms with Gasteiger partial charge in [-0.2, -0.15) is 5.10 Å². The van der Waals surface area contributed by atoms with E-state index in [-0.39, 0.29) is 17.9 Å². The van der Waals surface area contributed by atoms with Crippen LogP contribution in [0.1, 0.15) is 89.9 Å². The number of carbonyl (C=O) groups excluding carboxylic acids is 2. The molecule has 1 aromatic heterocycles. The van der Waals surface area contributed by atoms with Gasteiger partial charge in [-0.3, -0.25) is 9.59 Å². The van der Waals surface area contributed by atoms with Crippen molar-refractivity contribution in [2.24, 2.45) is 34.8 Å². The lowest BCUT2D eigenvalue weighted by Crippen LogP contribution is -2.42. The number of nitrogens with one attached hydrogen (secondary N) is 2. The second-order valence-corrected chi connectivity index (χ2v) is 11.9. The standard InChI is InChI=1S/C27H47N5O3/c1-18(2)17-35-25-23(16-30-32(25)12-9-27(4,5)26(34)29-11-10-28)24(33)31-19(3)22-14-20-7-6-8-21(13-20)15-22/h16,18-22H,6-15,17,28H2,1-5H3,(H,29,34)(H,31,33). The molecule has 35 heavy (non-hydrogen) atoms. The highest BCUT2D eigenvalue weighted by Gasteiger charge is 2.35. The molecule has 8 heteroatoms. The molecule has 0 saturated heterocycles. The number of nitrogens with zero attached hydrogens (tertiary/aromatic N) is 2. The number of rotatable bonds is 12. The monoisotopic (exact) mass is 489 g/mol. The molecule has 2 amide bonds. The summed E-state index contributed by atoms with van der Waals surface area (Å²) in [6.07, 6.45) is 10.0. The zero-order valence-corrected chi connectivity index (χ0v) is 22.4. The Morgan fingerprint density at radius 3 is 2.51 bits per heavy atom. The van der Waals surface area contributed by atoms with E-state index >= 15 is 0 Å². The van der Waals surface area contributed by atoms with Crippen LogP contribution in [0.25, 0.3) is 0 Å². The van der Waals surface area contributed by atoms with E-state index in [4.69, 9.17) is 10.5 Å². The summed E-state index contributed by atoms with van der Waals surface area (Å²) in [6.45, 7) is 12.0. The molecule has 1 heterocycles. The van der Waals surface area contributed by atoms with Gasteiger partial charge in [0.05, 0.1) is 12.8 Å². The molecule has 0 radical (unpaired) electrons. The summed E-state index contributed by atoms with van der Waals surface area (Å²) in [7, 11) is 0. The van der Waals surface area contributed by atoms with Crippen LogP contribution < -0.4 is 21.1 Å². The number of hydrogen-bond acceptors (Lipinski definition) is 5. The average molecular weight is 490 g/mol. The normalized spacial score (nSPS) is 23.1. The molecule has 2 fully saturated rings. The average Bonchev–Trinajstić information content (AvgIpc) is 3.22. The molecule has 2 saturated carbocycles. The van der Waals surface area contributed by atoms with E-state index < -0.39 is 5.41 Å². The van der Waals surface area contributed by atoms with Crippen molar-refractivity contribution in [2.45, 2.75) is 92.2 Å². The highest BCUT2D eigenvalue weighted by Crippen LogP contribution is 2.43. The maximum absolute atomic E-state index is 13.3. The Balaban J connectivity index is 1.67. The summed E-state index contributed by atoms with van der Waals surface area (Å²) in [5, 5.41) is 10.6. The minimum atomic E-state index is -0.591. The zero-order chi connectivity index (χ0) is 25.6. The summed E-state index contributed by atoms with van der Waals surface area (Å²) in [5.41, 5.74) is 5.40. The molecule has 0 spiro atoms. The van der Waals surface area contributed by atoms with Crippen LogP contribution in [0.15, 0.2) is 6.20 Å². The fourth-order valence-electron chi connectivity index (χ4n) is 5.60. The third-order valence-electron chi connectivity index (χ3n) is 7.81. The largest absolute Gasteiger partial charge is 0.477 e. The van der Waals surface area contributed by atoms with Gasteiger partial charge in [-0.1, -0.05) is 47.0 Å². The molecule has 8 nitrogen and oxygen atoms in total. The molecule has 4 N–H and O–H groups in total. The zero-order valence-electron chi connectivity index (χ0n) is 22.4. The third-order valence-corrected chi connectivity index (χ3v) is 7.81. The van der Waals surface area contributed by atoms with Crippen LogP contribution in [0.2, 0.25) is 0 Å². The molecule has 2 aliphatic rings. The Kier molecular flexibility index (Phi) is 9.62. The fraction of sp³-hybridized carbons (Fsp3) is 0.815. The Hall–Kier alpha value is -2.09. The van der Waals surface area contributed by atoms with Gasteiger partial charge in [0.15, 0.2) is 0 Å². The van der Waals surface area contributed by atoms with E-state index in [0.717, 1.165) is 11.8 Å². The molecule has 3 atom stereocenters. The van der Waals surface area contributed by atoms with Crippen LogP contribution >= 0.6 is 0 Å². The van der Waals surface area contributed by atoms with Gasteiger partial charge >= 0.3 is 0 Å². The third kappa shape index (κ3) is 7.45. The van der Waals surface area contributed by atoms with E-state index in [1.807, 2.05) is 13.8 Å². The molecule has 0 aliphatic heterocycles. The molecule has 2 aliphatic carbocycles. The number of amides is 2. The predicted molar refractivity (Wildman–Crippen MR) is 138 cm³/mol. The van der Waals surface area contributed by atoms with Gasteiger partial charge in [0.1, 0.15) is 5.56 Å². The minimum absolute atomic E-state index is 0.0382. The van der Waals surface area contributed by atoms with Gasteiger partial charge in [0, 0.05) is 31.1 Å². The number of hydrogen-bond donors (Lipinski definition) is 3. The lowest BCUT2D eigenvalue weighted by molar-refractivity contribution is -0.129. The van der Waals surface area contributed by atoms with Crippen molar-refractivity contribution in [3.8, 4) is 5.88 Å². The van der Waals surface area contributed by atoms with E-state index in [2.05, 4.69) is 36.5 Å². The van der Waals surface area contributed by atoms with Gasteiger partial charge in [0.25, 0.3) is 5.91 Å². The van der Waals surface area contributed by atoms with Gasteiger partial charge in [-0.25, -0.2) is 4.68 Å². The Morgan fingerprint density at radius 1 is 1.20 bits per heavy atom. The molecule has 0 aromatic carbocycles. The first-order valence-corrected chi connectivity index (χ1v) is 13.6.